The van der Waals surface area contributed by atoms with Gasteiger partial charge in [0.25, 0.3) is 0 Å². The summed E-state index contributed by atoms with van der Waals surface area (Å²) in [6.45, 7) is 10.5. The minimum atomic E-state index is 0.456. The lowest BCUT2D eigenvalue weighted by molar-refractivity contribution is 0.108. The van der Waals surface area contributed by atoms with Crippen LogP contribution in [0.4, 0.5) is 5.69 Å². The Balaban J connectivity index is 1.90. The van der Waals surface area contributed by atoms with Crippen molar-refractivity contribution in [2.75, 3.05) is 18.8 Å². The van der Waals surface area contributed by atoms with Crippen molar-refractivity contribution in [3.05, 3.63) is 29.8 Å². The predicted octanol–water partition coefficient (Wildman–Crippen LogP) is 3.53. The SMILES string of the molecule is CC(C)(C)C1CCN(Cc2ccccc2N)CC1. The standard InChI is InChI=1S/C16H26N2/c1-16(2,3)14-8-10-18(11-9-14)12-13-6-4-5-7-15(13)17/h4-7,14H,8-12,17H2,1-3H3. The van der Waals surface area contributed by atoms with E-state index in [-0.39, 0.29) is 0 Å². The van der Waals surface area contributed by atoms with Crippen molar-refractivity contribution in [1.29, 1.82) is 0 Å². The van der Waals surface area contributed by atoms with Gasteiger partial charge < -0.3 is 5.73 Å². The molecule has 1 aromatic carbocycles. The Bertz CT molecular complexity index is 384. The lowest BCUT2D eigenvalue weighted by Gasteiger charge is -2.38. The van der Waals surface area contributed by atoms with Crippen molar-refractivity contribution in [3.8, 4) is 0 Å². The smallest absolute Gasteiger partial charge is 0.0359 e. The highest BCUT2D eigenvalue weighted by atomic mass is 15.1. The van der Waals surface area contributed by atoms with Gasteiger partial charge in [-0.1, -0.05) is 39.0 Å². The van der Waals surface area contributed by atoms with Crippen LogP contribution in [0.3, 0.4) is 0 Å². The van der Waals surface area contributed by atoms with Crippen LogP contribution in [0, 0.1) is 11.3 Å². The van der Waals surface area contributed by atoms with Crippen molar-refractivity contribution >= 4 is 5.69 Å². The molecule has 0 saturated carbocycles. The quantitative estimate of drug-likeness (QED) is 0.809. The molecule has 2 nitrogen and oxygen atoms in total. The number of rotatable bonds is 2. The lowest BCUT2D eigenvalue weighted by Crippen LogP contribution is -2.37. The highest BCUT2D eigenvalue weighted by molar-refractivity contribution is 5.46. The van der Waals surface area contributed by atoms with Crippen LogP contribution in [-0.4, -0.2) is 18.0 Å². The number of piperidine rings is 1. The van der Waals surface area contributed by atoms with Crippen LogP contribution in [0.15, 0.2) is 24.3 Å². The molecule has 2 rings (SSSR count). The summed E-state index contributed by atoms with van der Waals surface area (Å²) in [5.41, 5.74) is 8.66. The molecular weight excluding hydrogens is 220 g/mol. The largest absolute Gasteiger partial charge is 0.398 e. The Kier molecular flexibility index (Phi) is 3.96. The summed E-state index contributed by atoms with van der Waals surface area (Å²) >= 11 is 0. The zero-order chi connectivity index (χ0) is 13.2. The molecule has 1 heterocycles. The first kappa shape index (κ1) is 13.4. The van der Waals surface area contributed by atoms with E-state index >= 15 is 0 Å². The number of nitrogens with zero attached hydrogens (tertiary/aromatic N) is 1. The monoisotopic (exact) mass is 246 g/mol. The van der Waals surface area contributed by atoms with Crippen LogP contribution in [-0.2, 0) is 6.54 Å². The molecule has 1 aliphatic heterocycles. The third-order valence-corrected chi connectivity index (χ3v) is 4.26. The highest BCUT2D eigenvalue weighted by Crippen LogP contribution is 2.34. The van der Waals surface area contributed by atoms with E-state index in [9.17, 15) is 0 Å². The minimum absolute atomic E-state index is 0.456. The van der Waals surface area contributed by atoms with E-state index in [1.54, 1.807) is 0 Å². The first-order valence-electron chi connectivity index (χ1n) is 7.02. The highest BCUT2D eigenvalue weighted by Gasteiger charge is 2.28. The zero-order valence-corrected chi connectivity index (χ0v) is 11.9. The summed E-state index contributed by atoms with van der Waals surface area (Å²) in [6.07, 6.45) is 2.63. The first-order valence-corrected chi connectivity index (χ1v) is 7.02. The number of hydrogen-bond donors (Lipinski definition) is 1. The molecule has 0 atom stereocenters. The van der Waals surface area contributed by atoms with Gasteiger partial charge in [0.2, 0.25) is 0 Å². The molecule has 0 bridgehead atoms. The Labute approximate surface area is 111 Å². The lowest BCUT2D eigenvalue weighted by atomic mass is 9.75. The predicted molar refractivity (Wildman–Crippen MR) is 78.3 cm³/mol. The van der Waals surface area contributed by atoms with Crippen LogP contribution in [0.2, 0.25) is 0 Å². The van der Waals surface area contributed by atoms with E-state index in [2.05, 4.69) is 37.8 Å². The van der Waals surface area contributed by atoms with E-state index in [4.69, 9.17) is 5.73 Å². The number of hydrogen-bond acceptors (Lipinski definition) is 2. The number of para-hydroxylation sites is 1. The Morgan fingerprint density at radius 3 is 2.33 bits per heavy atom. The molecule has 1 aromatic rings. The molecule has 100 valence electrons. The molecule has 0 aliphatic carbocycles. The average Bonchev–Trinajstić information content (AvgIpc) is 2.32. The maximum absolute atomic E-state index is 6.01. The Morgan fingerprint density at radius 1 is 1.17 bits per heavy atom. The topological polar surface area (TPSA) is 29.3 Å². The van der Waals surface area contributed by atoms with Gasteiger partial charge in [-0.3, -0.25) is 4.90 Å². The van der Waals surface area contributed by atoms with E-state index in [1.165, 1.54) is 31.5 Å². The van der Waals surface area contributed by atoms with Gasteiger partial charge in [-0.2, -0.15) is 0 Å². The maximum Gasteiger partial charge on any atom is 0.0359 e. The van der Waals surface area contributed by atoms with E-state index in [0.29, 0.717) is 5.41 Å². The molecule has 0 aromatic heterocycles. The molecule has 0 unspecified atom stereocenters. The molecule has 1 aliphatic rings. The second-order valence-corrected chi connectivity index (χ2v) is 6.62. The van der Waals surface area contributed by atoms with Gasteiger partial charge in [0.15, 0.2) is 0 Å². The molecular formula is C16H26N2. The second kappa shape index (κ2) is 5.31. The van der Waals surface area contributed by atoms with Crippen LogP contribution in [0.25, 0.3) is 0 Å². The van der Waals surface area contributed by atoms with Crippen molar-refractivity contribution in [2.45, 2.75) is 40.2 Å². The molecule has 1 fully saturated rings. The molecule has 2 heteroatoms. The minimum Gasteiger partial charge on any atom is -0.398 e. The van der Waals surface area contributed by atoms with Gasteiger partial charge >= 0.3 is 0 Å². The first-order chi connectivity index (χ1) is 8.47. The molecule has 0 spiro atoms. The van der Waals surface area contributed by atoms with Gasteiger partial charge in [-0.25, -0.2) is 0 Å². The normalized spacial score (nSPS) is 19.1. The Morgan fingerprint density at radius 2 is 1.78 bits per heavy atom. The second-order valence-electron chi connectivity index (χ2n) is 6.62. The number of benzene rings is 1. The van der Waals surface area contributed by atoms with Crippen molar-refractivity contribution in [2.24, 2.45) is 11.3 Å². The van der Waals surface area contributed by atoms with E-state index < -0.39 is 0 Å². The fourth-order valence-corrected chi connectivity index (χ4v) is 2.88. The molecule has 0 amide bonds. The fourth-order valence-electron chi connectivity index (χ4n) is 2.88. The van der Waals surface area contributed by atoms with Crippen LogP contribution in [0.1, 0.15) is 39.2 Å². The molecule has 18 heavy (non-hydrogen) atoms. The summed E-state index contributed by atoms with van der Waals surface area (Å²) < 4.78 is 0. The Hall–Kier alpha value is -1.02. The van der Waals surface area contributed by atoms with Crippen LogP contribution >= 0.6 is 0 Å². The summed E-state index contributed by atoms with van der Waals surface area (Å²) in [6, 6.07) is 8.22. The van der Waals surface area contributed by atoms with E-state index in [1.807, 2.05) is 12.1 Å². The van der Waals surface area contributed by atoms with Crippen LogP contribution < -0.4 is 5.73 Å². The van der Waals surface area contributed by atoms with Crippen LogP contribution in [0.5, 0.6) is 0 Å². The van der Waals surface area contributed by atoms with Gasteiger partial charge in [0.05, 0.1) is 0 Å². The number of nitrogen functional groups attached to an aromatic ring is 1. The average molecular weight is 246 g/mol. The summed E-state index contributed by atoms with van der Waals surface area (Å²) in [5, 5.41) is 0. The zero-order valence-electron chi connectivity index (χ0n) is 11.9. The number of anilines is 1. The van der Waals surface area contributed by atoms with Crippen molar-refractivity contribution in [1.82, 2.24) is 4.90 Å². The maximum atomic E-state index is 6.01. The third kappa shape index (κ3) is 3.26. The van der Waals surface area contributed by atoms with Gasteiger partial charge in [-0.05, 0) is 48.9 Å². The third-order valence-electron chi connectivity index (χ3n) is 4.26. The van der Waals surface area contributed by atoms with Crippen molar-refractivity contribution in [3.63, 3.8) is 0 Å². The summed E-state index contributed by atoms with van der Waals surface area (Å²) in [5.74, 6) is 0.863. The summed E-state index contributed by atoms with van der Waals surface area (Å²) in [4.78, 5) is 2.54. The van der Waals surface area contributed by atoms with Gasteiger partial charge in [0.1, 0.15) is 0 Å². The molecule has 2 N–H and O–H groups in total. The summed E-state index contributed by atoms with van der Waals surface area (Å²) in [7, 11) is 0. The number of nitrogens with two attached hydrogens (primary N) is 1. The van der Waals surface area contributed by atoms with Gasteiger partial charge in [0, 0.05) is 12.2 Å². The fraction of sp³-hybridized carbons (Fsp3) is 0.625. The van der Waals surface area contributed by atoms with Crippen molar-refractivity contribution < 1.29 is 0 Å². The molecule has 1 saturated heterocycles. The number of likely N-dealkylation sites (tertiary alicyclic amines) is 1. The van der Waals surface area contributed by atoms with Gasteiger partial charge in [-0.15, -0.1) is 0 Å². The van der Waals surface area contributed by atoms with E-state index in [0.717, 1.165) is 18.2 Å². The molecule has 0 radical (unpaired) electrons.